The van der Waals surface area contributed by atoms with Crippen LogP contribution in [-0.2, 0) is 0 Å². The number of aromatic amines is 2. The Bertz CT molecular complexity index is 836. The molecule has 0 aliphatic rings. The van der Waals surface area contributed by atoms with Gasteiger partial charge >= 0.3 is 0 Å². The van der Waals surface area contributed by atoms with E-state index >= 15 is 0 Å². The zero-order valence-electron chi connectivity index (χ0n) is 13.4. The Morgan fingerprint density at radius 3 is 2.74 bits per heavy atom. The van der Waals surface area contributed by atoms with Gasteiger partial charge in [0, 0.05) is 12.1 Å². The lowest BCUT2D eigenvalue weighted by atomic mass is 9.87. The van der Waals surface area contributed by atoms with Crippen LogP contribution in [0.2, 0.25) is 0 Å². The number of aliphatic hydroxyl groups is 1. The summed E-state index contributed by atoms with van der Waals surface area (Å²) in [5.74, 6) is -0.231. The summed E-state index contributed by atoms with van der Waals surface area (Å²) in [6.45, 7) is 6.14. The molecule has 4 N–H and O–H groups in total. The normalized spacial score (nSPS) is 13.0. The molecule has 7 heteroatoms. The van der Waals surface area contributed by atoms with Crippen molar-refractivity contribution in [3.63, 3.8) is 0 Å². The molecule has 0 fully saturated rings. The van der Waals surface area contributed by atoms with E-state index in [1.54, 1.807) is 25.1 Å². The van der Waals surface area contributed by atoms with Crippen molar-refractivity contribution in [2.45, 2.75) is 33.3 Å². The van der Waals surface area contributed by atoms with E-state index in [0.29, 0.717) is 29.4 Å². The molecule has 124 valence electrons. The number of H-pyrrole nitrogens is 2. The molecular weight excluding hydrogens is 314 g/mol. The predicted molar refractivity (Wildman–Crippen MR) is 92.2 cm³/mol. The van der Waals surface area contributed by atoms with Crippen LogP contribution in [0, 0.1) is 10.2 Å². The maximum absolute atomic E-state index is 12.3. The Labute approximate surface area is 138 Å². The van der Waals surface area contributed by atoms with Gasteiger partial charge in [0.15, 0.2) is 4.77 Å². The summed E-state index contributed by atoms with van der Waals surface area (Å²) in [6, 6.07) is 4.80. The summed E-state index contributed by atoms with van der Waals surface area (Å²) < 4.78 is 0.220. The van der Waals surface area contributed by atoms with Gasteiger partial charge in [-0.15, -0.1) is 0 Å². The van der Waals surface area contributed by atoms with Crippen molar-refractivity contribution in [3.8, 4) is 0 Å². The molecule has 6 nitrogen and oxygen atoms in total. The smallest absolute Gasteiger partial charge is 0.259 e. The molecule has 1 aromatic heterocycles. The Kier molecular flexibility index (Phi) is 5.01. The zero-order valence-corrected chi connectivity index (χ0v) is 14.2. The SMILES string of the molecule is CC(O)CC(C)(C)CNC(=O)c1ccc2c(=O)[nH]c(=S)[nH]c2c1. The second-order valence-electron chi connectivity index (χ2n) is 6.57. The van der Waals surface area contributed by atoms with Gasteiger partial charge in [-0.25, -0.2) is 0 Å². The monoisotopic (exact) mass is 335 g/mol. The van der Waals surface area contributed by atoms with Crippen molar-refractivity contribution in [2.75, 3.05) is 6.54 Å². The fourth-order valence-electron chi connectivity index (χ4n) is 2.60. The number of hydrogen-bond donors (Lipinski definition) is 4. The van der Waals surface area contributed by atoms with Crippen LogP contribution in [0.4, 0.5) is 0 Å². The Morgan fingerprint density at radius 1 is 1.39 bits per heavy atom. The lowest BCUT2D eigenvalue weighted by Gasteiger charge is -2.26. The van der Waals surface area contributed by atoms with Crippen LogP contribution in [0.5, 0.6) is 0 Å². The van der Waals surface area contributed by atoms with Crippen molar-refractivity contribution in [1.29, 1.82) is 0 Å². The van der Waals surface area contributed by atoms with E-state index in [2.05, 4.69) is 15.3 Å². The van der Waals surface area contributed by atoms with Gasteiger partial charge < -0.3 is 15.4 Å². The minimum absolute atomic E-state index is 0.211. The number of hydrogen-bond acceptors (Lipinski definition) is 4. The third-order valence-corrected chi connectivity index (χ3v) is 3.78. The van der Waals surface area contributed by atoms with E-state index in [4.69, 9.17) is 12.2 Å². The van der Waals surface area contributed by atoms with E-state index in [0.717, 1.165) is 0 Å². The number of benzene rings is 1. The molecule has 0 saturated heterocycles. The summed E-state index contributed by atoms with van der Waals surface area (Å²) in [5, 5.41) is 12.8. The second-order valence-corrected chi connectivity index (χ2v) is 6.98. The first-order chi connectivity index (χ1) is 10.7. The third kappa shape index (κ3) is 4.49. The van der Waals surface area contributed by atoms with Gasteiger partial charge in [0.2, 0.25) is 0 Å². The lowest BCUT2D eigenvalue weighted by Crippen LogP contribution is -2.35. The predicted octanol–water partition coefficient (Wildman–Crippen LogP) is 2.11. The quantitative estimate of drug-likeness (QED) is 0.629. The molecule has 2 rings (SSSR count). The van der Waals surface area contributed by atoms with Gasteiger partial charge in [0.05, 0.1) is 17.0 Å². The number of amides is 1. The van der Waals surface area contributed by atoms with Crippen molar-refractivity contribution in [2.24, 2.45) is 5.41 Å². The van der Waals surface area contributed by atoms with Crippen LogP contribution in [0.1, 0.15) is 37.6 Å². The standard InChI is InChI=1S/C16H21N3O3S/c1-9(20)7-16(2,3)8-17-13(21)10-4-5-11-12(6-10)18-15(23)19-14(11)22/h4-6,9,20H,7-8H2,1-3H3,(H,17,21)(H2,18,19,22,23). The van der Waals surface area contributed by atoms with Crippen LogP contribution < -0.4 is 10.9 Å². The molecule has 1 unspecified atom stereocenters. The highest BCUT2D eigenvalue weighted by molar-refractivity contribution is 7.71. The van der Waals surface area contributed by atoms with Gasteiger partial charge in [-0.2, -0.15) is 0 Å². The minimum atomic E-state index is -0.422. The van der Waals surface area contributed by atoms with Crippen LogP contribution in [0.25, 0.3) is 10.9 Å². The molecule has 2 aromatic rings. The van der Waals surface area contributed by atoms with Gasteiger partial charge in [-0.05, 0) is 49.2 Å². The van der Waals surface area contributed by atoms with Crippen molar-refractivity contribution < 1.29 is 9.90 Å². The average molecular weight is 335 g/mol. The third-order valence-electron chi connectivity index (χ3n) is 3.58. The molecule has 1 heterocycles. The number of fused-ring (bicyclic) bond motifs is 1. The molecule has 1 amide bonds. The van der Waals surface area contributed by atoms with Gasteiger partial charge in [-0.3, -0.25) is 14.6 Å². The summed E-state index contributed by atoms with van der Waals surface area (Å²) in [5.41, 5.74) is 0.475. The fraction of sp³-hybridized carbons (Fsp3) is 0.438. The lowest BCUT2D eigenvalue weighted by molar-refractivity contribution is 0.0902. The molecule has 0 aliphatic carbocycles. The Hall–Kier alpha value is -1.99. The minimum Gasteiger partial charge on any atom is -0.393 e. The molecule has 0 bridgehead atoms. The topological polar surface area (TPSA) is 98.0 Å². The number of carbonyl (C=O) groups excluding carboxylic acids is 1. The van der Waals surface area contributed by atoms with Gasteiger partial charge in [0.1, 0.15) is 0 Å². The molecule has 23 heavy (non-hydrogen) atoms. The summed E-state index contributed by atoms with van der Waals surface area (Å²) in [4.78, 5) is 29.4. The highest BCUT2D eigenvalue weighted by Crippen LogP contribution is 2.21. The maximum atomic E-state index is 12.3. The van der Waals surface area contributed by atoms with Crippen molar-refractivity contribution >= 4 is 29.0 Å². The molecule has 1 atom stereocenters. The molecular formula is C16H21N3O3S. The number of aromatic nitrogens is 2. The van der Waals surface area contributed by atoms with E-state index in [1.165, 1.54) is 0 Å². The number of rotatable bonds is 5. The molecule has 0 radical (unpaired) electrons. The van der Waals surface area contributed by atoms with Crippen molar-refractivity contribution in [3.05, 3.63) is 38.9 Å². The number of nitrogens with one attached hydrogen (secondary N) is 3. The van der Waals surface area contributed by atoms with E-state index in [1.807, 2.05) is 13.8 Å². The van der Waals surface area contributed by atoms with Gasteiger partial charge in [-0.1, -0.05) is 13.8 Å². The molecule has 0 spiro atoms. The highest BCUT2D eigenvalue weighted by Gasteiger charge is 2.21. The molecule has 1 aromatic carbocycles. The average Bonchev–Trinajstić information content (AvgIpc) is 2.42. The van der Waals surface area contributed by atoms with E-state index in [9.17, 15) is 14.7 Å². The van der Waals surface area contributed by atoms with Crippen LogP contribution in [0.3, 0.4) is 0 Å². The Balaban J connectivity index is 2.19. The largest absolute Gasteiger partial charge is 0.393 e. The number of aliphatic hydroxyl groups excluding tert-OH is 1. The fourth-order valence-corrected chi connectivity index (χ4v) is 2.81. The van der Waals surface area contributed by atoms with Gasteiger partial charge in [0.25, 0.3) is 11.5 Å². The number of carbonyl (C=O) groups is 1. The van der Waals surface area contributed by atoms with E-state index in [-0.39, 0.29) is 21.7 Å². The highest BCUT2D eigenvalue weighted by atomic mass is 32.1. The first kappa shape index (κ1) is 17.4. The summed E-state index contributed by atoms with van der Waals surface area (Å²) in [6.07, 6.45) is 0.169. The van der Waals surface area contributed by atoms with Crippen LogP contribution >= 0.6 is 12.2 Å². The Morgan fingerprint density at radius 2 is 2.09 bits per heavy atom. The van der Waals surface area contributed by atoms with Crippen LogP contribution in [-0.4, -0.2) is 33.6 Å². The summed E-state index contributed by atoms with van der Waals surface area (Å²) >= 11 is 4.94. The summed E-state index contributed by atoms with van der Waals surface area (Å²) in [7, 11) is 0. The maximum Gasteiger partial charge on any atom is 0.259 e. The second kappa shape index (κ2) is 6.64. The molecule has 0 saturated carbocycles. The first-order valence-corrected chi connectivity index (χ1v) is 7.81. The van der Waals surface area contributed by atoms with E-state index < -0.39 is 6.10 Å². The zero-order chi connectivity index (χ0) is 17.2. The van der Waals surface area contributed by atoms with Crippen molar-refractivity contribution in [1.82, 2.24) is 15.3 Å². The van der Waals surface area contributed by atoms with Crippen LogP contribution in [0.15, 0.2) is 23.0 Å². The molecule has 0 aliphatic heterocycles. The first-order valence-electron chi connectivity index (χ1n) is 7.40.